The summed E-state index contributed by atoms with van der Waals surface area (Å²) in [7, 11) is 12.3. The van der Waals surface area contributed by atoms with Crippen molar-refractivity contribution in [2.24, 2.45) is 0 Å². The van der Waals surface area contributed by atoms with E-state index in [0.717, 1.165) is 74.3 Å². The lowest BCUT2D eigenvalue weighted by Crippen LogP contribution is -2.12. The van der Waals surface area contributed by atoms with Gasteiger partial charge in [0.05, 0.1) is 49.4 Å². The van der Waals surface area contributed by atoms with Gasteiger partial charge in [-0.15, -0.1) is 0 Å². The number of para-hydroxylation sites is 1. The number of aryl methyl sites for hydroxylation is 3. The molecule has 3 fully saturated rings. The van der Waals surface area contributed by atoms with Crippen molar-refractivity contribution in [2.75, 3.05) is 63.6 Å². The fourth-order valence-corrected chi connectivity index (χ4v) is 12.1. The predicted molar refractivity (Wildman–Crippen MR) is 405 cm³/mol. The van der Waals surface area contributed by atoms with E-state index in [1.165, 1.54) is 110 Å². The van der Waals surface area contributed by atoms with E-state index in [4.69, 9.17) is 19.7 Å². The highest BCUT2D eigenvalue weighted by molar-refractivity contribution is 5.98. The van der Waals surface area contributed by atoms with Crippen molar-refractivity contribution in [3.63, 3.8) is 0 Å². The molecule has 3 saturated carbocycles. The fourth-order valence-electron chi connectivity index (χ4n) is 12.1. The van der Waals surface area contributed by atoms with Crippen LogP contribution in [0.2, 0.25) is 0 Å². The third-order valence-electron chi connectivity index (χ3n) is 15.9. The zero-order chi connectivity index (χ0) is 68.4. The van der Waals surface area contributed by atoms with Gasteiger partial charge in [0.25, 0.3) is 0 Å². The summed E-state index contributed by atoms with van der Waals surface area (Å²) in [6.45, 7) is 30.6. The topological polar surface area (TPSA) is 72.4 Å². The number of aromatic nitrogens is 6. The molecule has 6 aromatic heterocycles. The summed E-state index contributed by atoms with van der Waals surface area (Å²) in [4.78, 5) is 20.7. The lowest BCUT2D eigenvalue weighted by atomic mass is 10.1. The van der Waals surface area contributed by atoms with E-state index in [1.807, 2.05) is 152 Å². The number of rotatable bonds is 9. The number of nitrogens with zero attached hydrogens (tertiary/aromatic N) is 9. The van der Waals surface area contributed by atoms with Crippen molar-refractivity contribution in [3.05, 3.63) is 173 Å². The number of benzene rings is 3. The van der Waals surface area contributed by atoms with Crippen LogP contribution in [0.15, 0.2) is 128 Å². The molecule has 10 nitrogen and oxygen atoms in total. The lowest BCUT2D eigenvalue weighted by Gasteiger charge is -2.16. The summed E-state index contributed by atoms with van der Waals surface area (Å²) in [6, 6.07) is 38.8. The average molecular weight is 1250 g/mol. The van der Waals surface area contributed by atoms with Gasteiger partial charge in [-0.3, -0.25) is 0 Å². The first-order valence-corrected chi connectivity index (χ1v) is 35.2. The molecule has 498 valence electrons. The van der Waals surface area contributed by atoms with Crippen LogP contribution in [-0.4, -0.2) is 77.5 Å². The largest absolute Gasteiger partial charge is 0.481 e. The molecule has 0 aliphatic heterocycles. The normalized spacial score (nSPS) is 12.8. The van der Waals surface area contributed by atoms with E-state index in [9.17, 15) is 0 Å². The maximum Gasteiger partial charge on any atom is 0.149 e. The van der Waals surface area contributed by atoms with E-state index in [2.05, 4.69) is 186 Å². The SMILES string of the molecule is CC.CC.CC.CC.CC.CC.Cc1cc2c(c(C#CCOc3ccccc3)cn2C2CCCC2)c(N(C)C)n1.Cc1cc2c(c(C#CCc3ccccc3)cn2C2CCCC2)c(N(C)C)n1.Cc1cc2c(c(C#Cc3ccccc3)cn2C2CCCC2)c(N(C)C)n1. The maximum absolute atomic E-state index is 5.74. The van der Waals surface area contributed by atoms with E-state index >= 15 is 0 Å². The minimum atomic E-state index is 0.372. The summed E-state index contributed by atoms with van der Waals surface area (Å²) in [5, 5.41) is 3.52. The van der Waals surface area contributed by atoms with Gasteiger partial charge in [-0.05, 0) is 107 Å². The molecule has 9 aromatic rings. The number of hydrogen-bond donors (Lipinski definition) is 0. The third kappa shape index (κ3) is 21.1. The van der Waals surface area contributed by atoms with Crippen LogP contribution in [0.25, 0.3) is 32.7 Å². The molecule has 0 unspecified atom stereocenters. The highest BCUT2D eigenvalue weighted by Gasteiger charge is 2.26. The minimum Gasteiger partial charge on any atom is -0.481 e. The number of hydrogen-bond acceptors (Lipinski definition) is 7. The van der Waals surface area contributed by atoms with Gasteiger partial charge in [0.1, 0.15) is 29.8 Å². The zero-order valence-corrected chi connectivity index (χ0v) is 61.2. The highest BCUT2D eigenvalue weighted by Crippen LogP contribution is 2.40. The molecule has 10 heteroatoms. The van der Waals surface area contributed by atoms with Crippen molar-refractivity contribution < 1.29 is 4.74 Å². The standard InChI is InChI=1S/C24H27N3O.C24H27N3.C23H25N3.6C2H6/c1-18-16-22-23(24(25-18)26(2)3)19(17-27(22)20-11-7-8-12-20)10-9-15-28-21-13-5-4-6-14-21;1-18-16-22-23(24(25-18)26(2)3)20(17-27(22)21-14-7-8-15-21)13-9-12-19-10-5-4-6-11-19;1-17-15-21-22(23(24-17)25(2)3)19(14-13-18-9-5-4-6-10-18)16-26(21)20-11-7-8-12-20;6*1-2/h4-6,13-14,16-17,20H,7-8,11-12,15H2,1-3H3;4-6,10-11,16-17,21H,7-8,12,14-15H2,1-3H3;4-6,9-10,15-16,20H,7-8,11-12H2,1-3H3;6*1-2H3. The van der Waals surface area contributed by atoms with Gasteiger partial charge >= 0.3 is 0 Å². The van der Waals surface area contributed by atoms with Crippen molar-refractivity contribution in [3.8, 4) is 41.3 Å². The van der Waals surface area contributed by atoms with Gasteiger partial charge in [0, 0.05) is 108 Å². The Morgan fingerprint density at radius 1 is 0.398 bits per heavy atom. The molecule has 3 aliphatic carbocycles. The molecule has 0 bridgehead atoms. The predicted octanol–water partition coefficient (Wildman–Crippen LogP) is 21.2. The summed E-state index contributed by atoms with van der Waals surface area (Å²) >= 11 is 0. The average Bonchev–Trinajstić information content (AvgIpc) is 1.65. The molecule has 0 radical (unpaired) electrons. The van der Waals surface area contributed by atoms with Crippen LogP contribution in [0, 0.1) is 56.3 Å². The molecule has 0 N–H and O–H groups in total. The van der Waals surface area contributed by atoms with Crippen LogP contribution in [-0.2, 0) is 6.42 Å². The molecule has 0 saturated heterocycles. The highest BCUT2D eigenvalue weighted by atomic mass is 16.5. The van der Waals surface area contributed by atoms with E-state index in [-0.39, 0.29) is 0 Å². The van der Waals surface area contributed by atoms with Gasteiger partial charge in [-0.25, -0.2) is 15.0 Å². The van der Waals surface area contributed by atoms with Crippen molar-refractivity contribution in [1.82, 2.24) is 28.7 Å². The first-order valence-electron chi connectivity index (χ1n) is 35.2. The summed E-state index contributed by atoms with van der Waals surface area (Å²) in [5.74, 6) is 24.0. The molecule has 12 rings (SSSR count). The number of anilines is 3. The minimum absolute atomic E-state index is 0.372. The van der Waals surface area contributed by atoms with Gasteiger partial charge in [0.15, 0.2) is 0 Å². The second-order valence-electron chi connectivity index (χ2n) is 22.8. The van der Waals surface area contributed by atoms with E-state index in [1.54, 1.807) is 0 Å². The van der Waals surface area contributed by atoms with Crippen molar-refractivity contribution >= 4 is 50.2 Å². The van der Waals surface area contributed by atoms with Gasteiger partial charge in [-0.1, -0.05) is 224 Å². The van der Waals surface area contributed by atoms with Crippen molar-refractivity contribution in [1.29, 1.82) is 0 Å². The van der Waals surface area contributed by atoms with Crippen LogP contribution in [0.5, 0.6) is 5.75 Å². The fraction of sp³-hybridized carbons (Fsp3) is 0.458. The van der Waals surface area contributed by atoms with Gasteiger partial charge in [0.2, 0.25) is 0 Å². The van der Waals surface area contributed by atoms with Gasteiger partial charge in [-0.2, -0.15) is 0 Å². The molecule has 3 aliphatic rings. The Hall–Kier alpha value is -8.39. The smallest absolute Gasteiger partial charge is 0.149 e. The molecular formula is C83H115N9O. The summed E-state index contributed by atoms with van der Waals surface area (Å²) in [5.41, 5.74) is 12.5. The Morgan fingerprint density at radius 2 is 0.710 bits per heavy atom. The Morgan fingerprint density at radius 3 is 1.05 bits per heavy atom. The Balaban J connectivity index is 0.000000275. The monoisotopic (exact) mass is 1250 g/mol. The third-order valence-corrected chi connectivity index (χ3v) is 15.9. The van der Waals surface area contributed by atoms with Crippen LogP contribution in [0.1, 0.15) is 223 Å². The second-order valence-corrected chi connectivity index (χ2v) is 22.8. The van der Waals surface area contributed by atoms with E-state index < -0.39 is 0 Å². The first-order chi connectivity index (χ1) is 45.4. The number of fused-ring (bicyclic) bond motifs is 3. The van der Waals surface area contributed by atoms with E-state index in [0.29, 0.717) is 24.7 Å². The van der Waals surface area contributed by atoms with Crippen molar-refractivity contribution in [2.45, 2.75) is 205 Å². The molecule has 0 atom stereocenters. The molecule has 3 aromatic carbocycles. The molecule has 0 spiro atoms. The molecule has 93 heavy (non-hydrogen) atoms. The maximum atomic E-state index is 5.74. The Labute approximate surface area is 563 Å². The second kappa shape index (κ2) is 41.3. The van der Waals surface area contributed by atoms with Crippen LogP contribution in [0.3, 0.4) is 0 Å². The Kier molecular flexibility index (Phi) is 34.2. The number of pyridine rings is 3. The zero-order valence-electron chi connectivity index (χ0n) is 61.2. The van der Waals surface area contributed by atoms with Gasteiger partial charge < -0.3 is 33.1 Å². The number of ether oxygens (including phenoxy) is 1. The lowest BCUT2D eigenvalue weighted by molar-refractivity contribution is 0.370. The Bertz CT molecular complexity index is 3800. The quantitative estimate of drug-likeness (QED) is 0.133. The van der Waals surface area contributed by atoms with Crippen LogP contribution in [0.4, 0.5) is 17.5 Å². The molecule has 0 amide bonds. The first kappa shape index (κ1) is 77.1. The van der Waals surface area contributed by atoms with Crippen LogP contribution >= 0.6 is 0 Å². The molecule has 6 heterocycles. The summed E-state index contributed by atoms with van der Waals surface area (Å²) < 4.78 is 13.1. The molecular weight excluding hydrogens is 1140 g/mol. The summed E-state index contributed by atoms with van der Waals surface area (Å²) in [6.07, 6.45) is 22.9. The van der Waals surface area contributed by atoms with Crippen LogP contribution < -0.4 is 19.4 Å².